The Balaban J connectivity index is 0.000000149. The van der Waals surface area contributed by atoms with Crippen LogP contribution in [0, 0.1) is 6.92 Å². The molecule has 14 aromatic rings. The SMILES string of the molecule is CC(=O)O/N=C/c1ccc2sc3ccccc3c(=O)c2c1.CCCCCCC(=NOC(=O)c1ccccc1)C(=O)c1ccc(Sc2ccccc2)cc1.CCn1c2ccc(C(=O)c3ccc(N4CCOCC4)cc3)cc2c2cc(C(C)=NOC(C)=O)ccc21.CCn1c2ccc(C(=O)c3ccccc3C)cc2c2cc(C(C)=NOC(C)=O)ccc21. The molecular formula is C98H91N7O13S2. The van der Waals surface area contributed by atoms with Gasteiger partial charge in [-0.25, -0.2) is 19.2 Å². The van der Waals surface area contributed by atoms with Gasteiger partial charge in [-0.2, -0.15) is 0 Å². The van der Waals surface area contributed by atoms with Gasteiger partial charge in [0, 0.05) is 154 Å². The van der Waals surface area contributed by atoms with Crippen LogP contribution in [0.1, 0.15) is 162 Å². The van der Waals surface area contributed by atoms with Crippen LogP contribution in [0.4, 0.5) is 5.69 Å². The lowest BCUT2D eigenvalue weighted by molar-refractivity contribution is -0.141. The monoisotopic (exact) mass is 1640 g/mol. The topological polar surface area (TPSA) is 245 Å². The highest BCUT2D eigenvalue weighted by molar-refractivity contribution is 7.99. The lowest BCUT2D eigenvalue weighted by Gasteiger charge is -2.28. The van der Waals surface area contributed by atoms with Crippen molar-refractivity contribution >= 4 is 157 Å². The van der Waals surface area contributed by atoms with E-state index in [0.717, 1.165) is 150 Å². The zero-order chi connectivity index (χ0) is 84.8. The molecule has 0 amide bonds. The van der Waals surface area contributed by atoms with Crippen LogP contribution in [0.25, 0.3) is 63.8 Å². The van der Waals surface area contributed by atoms with Crippen LogP contribution in [0.3, 0.4) is 0 Å². The number of hydrogen-bond donors (Lipinski definition) is 0. The van der Waals surface area contributed by atoms with Gasteiger partial charge < -0.3 is 38.1 Å². The summed E-state index contributed by atoms with van der Waals surface area (Å²) in [5.74, 6) is -2.17. The van der Waals surface area contributed by atoms with E-state index in [9.17, 15) is 38.4 Å². The molecule has 22 heteroatoms. The molecule has 1 saturated heterocycles. The van der Waals surface area contributed by atoms with E-state index >= 15 is 0 Å². The summed E-state index contributed by atoms with van der Waals surface area (Å²) < 4.78 is 11.8. The largest absolute Gasteiger partial charge is 0.378 e. The Morgan fingerprint density at radius 3 is 1.49 bits per heavy atom. The minimum Gasteiger partial charge on any atom is -0.378 e. The van der Waals surface area contributed by atoms with E-state index in [1.54, 1.807) is 79.4 Å². The van der Waals surface area contributed by atoms with Crippen LogP contribution in [0.15, 0.2) is 284 Å². The number of ketones is 3. The number of aromatic nitrogens is 2. The number of benzene rings is 11. The zero-order valence-corrected chi connectivity index (χ0v) is 69.9. The van der Waals surface area contributed by atoms with Crippen molar-refractivity contribution in [1.82, 2.24) is 9.13 Å². The number of carbonyl (C=O) groups is 7. The van der Waals surface area contributed by atoms with Crippen molar-refractivity contribution in [2.45, 2.75) is 117 Å². The number of nitrogens with zero attached hydrogens (tertiary/aromatic N) is 7. The Morgan fingerprint density at radius 1 is 0.442 bits per heavy atom. The quantitative estimate of drug-likeness (QED) is 0.0136. The third-order valence-corrected chi connectivity index (χ3v) is 22.3. The Labute approximate surface area is 703 Å². The maximum absolute atomic E-state index is 13.4. The van der Waals surface area contributed by atoms with Gasteiger partial charge in [-0.1, -0.05) is 150 Å². The van der Waals surface area contributed by atoms with Gasteiger partial charge in [0.15, 0.2) is 17.0 Å². The lowest BCUT2D eigenvalue weighted by Crippen LogP contribution is -2.36. The summed E-state index contributed by atoms with van der Waals surface area (Å²) in [6.07, 6.45) is 5.91. The molecule has 120 heavy (non-hydrogen) atoms. The van der Waals surface area contributed by atoms with Gasteiger partial charge in [0.05, 0.1) is 36.4 Å². The molecule has 20 nitrogen and oxygen atoms in total. The predicted octanol–water partition coefficient (Wildman–Crippen LogP) is 21.3. The molecule has 0 bridgehead atoms. The van der Waals surface area contributed by atoms with Crippen molar-refractivity contribution in [1.29, 1.82) is 0 Å². The molecule has 0 saturated carbocycles. The third-order valence-electron chi connectivity index (χ3n) is 20.1. The first kappa shape index (κ1) is 85.9. The fraction of sp³-hybridized carbons (Fsp3) is 0.204. The van der Waals surface area contributed by atoms with Gasteiger partial charge in [-0.05, 0) is 227 Å². The highest BCUT2D eigenvalue weighted by atomic mass is 32.2. The molecule has 4 heterocycles. The fourth-order valence-electron chi connectivity index (χ4n) is 14.0. The molecule has 3 aromatic heterocycles. The molecule has 1 fully saturated rings. The number of fused-ring (bicyclic) bond motifs is 8. The Kier molecular flexibility index (Phi) is 29.5. The summed E-state index contributed by atoms with van der Waals surface area (Å²) in [7, 11) is 0. The van der Waals surface area contributed by atoms with Crippen LogP contribution in [0.5, 0.6) is 0 Å². The molecule has 0 N–H and O–H groups in total. The van der Waals surface area contributed by atoms with Crippen molar-refractivity contribution in [3.05, 3.63) is 315 Å². The van der Waals surface area contributed by atoms with Crippen molar-refractivity contribution in [3.63, 3.8) is 0 Å². The van der Waals surface area contributed by atoms with E-state index < -0.39 is 23.9 Å². The van der Waals surface area contributed by atoms with Crippen LogP contribution < -0.4 is 10.3 Å². The number of aryl methyl sites for hydroxylation is 3. The number of carbonyl (C=O) groups excluding carboxylic acids is 7. The second-order valence-corrected chi connectivity index (χ2v) is 30.6. The summed E-state index contributed by atoms with van der Waals surface area (Å²) in [4.78, 5) is 121. The number of Topliss-reactive ketones (excluding diaryl/α,β-unsaturated/α-hetero) is 1. The van der Waals surface area contributed by atoms with Crippen LogP contribution in [-0.4, -0.2) is 100 Å². The number of anilines is 1. The molecule has 0 radical (unpaired) electrons. The summed E-state index contributed by atoms with van der Waals surface area (Å²) in [5, 5.41) is 20.8. The van der Waals surface area contributed by atoms with Crippen molar-refractivity contribution < 1.29 is 57.6 Å². The summed E-state index contributed by atoms with van der Waals surface area (Å²) in [6, 6.07) is 78.6. The van der Waals surface area contributed by atoms with Gasteiger partial charge in [0.1, 0.15) is 5.71 Å². The molecule has 11 aromatic carbocycles. The second kappa shape index (κ2) is 41.1. The first-order valence-corrected chi connectivity index (χ1v) is 41.3. The molecule has 608 valence electrons. The van der Waals surface area contributed by atoms with Crippen molar-refractivity contribution in [2.75, 3.05) is 31.2 Å². The first-order valence-electron chi connectivity index (χ1n) is 39.7. The lowest BCUT2D eigenvalue weighted by atomic mass is 9.97. The highest BCUT2D eigenvalue weighted by Crippen LogP contribution is 2.35. The van der Waals surface area contributed by atoms with Crippen LogP contribution in [0.2, 0.25) is 0 Å². The molecule has 0 unspecified atom stereocenters. The number of morpholine rings is 1. The van der Waals surface area contributed by atoms with Crippen molar-refractivity contribution in [3.8, 4) is 0 Å². The van der Waals surface area contributed by atoms with Gasteiger partial charge in [-0.15, -0.1) is 11.3 Å². The van der Waals surface area contributed by atoms with Crippen molar-refractivity contribution in [2.24, 2.45) is 20.6 Å². The zero-order valence-electron chi connectivity index (χ0n) is 68.3. The average molecular weight is 1640 g/mol. The smallest absolute Gasteiger partial charge is 0.365 e. The predicted molar refractivity (Wildman–Crippen MR) is 480 cm³/mol. The number of hydrogen-bond acceptors (Lipinski definition) is 20. The average Bonchev–Trinajstić information content (AvgIpc) is 1.58. The molecular weight excluding hydrogens is 1550 g/mol. The van der Waals surface area contributed by atoms with E-state index in [0.29, 0.717) is 67.6 Å². The maximum Gasteiger partial charge on any atom is 0.365 e. The van der Waals surface area contributed by atoms with Crippen LogP contribution >= 0.6 is 23.1 Å². The second-order valence-electron chi connectivity index (χ2n) is 28.4. The van der Waals surface area contributed by atoms with E-state index in [1.807, 2.05) is 213 Å². The molecule has 0 atom stereocenters. The van der Waals surface area contributed by atoms with Gasteiger partial charge in [0.25, 0.3) is 0 Å². The number of unbranched alkanes of at least 4 members (excludes halogenated alkanes) is 3. The molecule has 15 rings (SSSR count). The molecule has 1 aliphatic rings. The first-order chi connectivity index (χ1) is 58.2. The number of ether oxygens (including phenoxy) is 1. The standard InChI is InChI=1S/C29H29N3O4.C27H27NO3S.C26H24N2O3.C16H11NO3S/c1-4-32-27-11-7-22(19(2)30-36-20(3)33)17-25(27)26-18-23(8-12-28(26)32)29(34)21-5-9-24(10-6-21)31-13-15-35-16-14-31;1-2-3-4-11-16-25(28-31-27(30)22-12-7-5-8-13-22)26(29)21-17-19-24(20-18-21)32-23-14-9-6-10-15-23;1-5-28-24-12-10-19(17(3)27-31-18(4)29)14-22(24)23-15-20(11-13-25(23)28)26(30)21-9-7-6-8-16(21)2;1-10(18)20-17-9-11-6-7-15-13(8-11)16(19)12-4-2-3-5-14(12)21-15/h5-12,17-18H,4,13-16H2,1-3H3;5-10,12-15,17-20H,2-4,11,16H2,1H3;6-15H,5H2,1-4H3;2-9H,1H3/b;;;17-9+. The van der Waals surface area contributed by atoms with E-state index in [4.69, 9.17) is 19.2 Å². The van der Waals surface area contributed by atoms with E-state index in [1.165, 1.54) is 27.0 Å². The Hall–Kier alpha value is -13.4. The number of rotatable bonds is 24. The summed E-state index contributed by atoms with van der Waals surface area (Å²) in [6.45, 7) is 20.6. The Morgan fingerprint density at radius 2 is 0.933 bits per heavy atom. The maximum atomic E-state index is 13.4. The minimum absolute atomic E-state index is 0.00193. The number of oxime groups is 4. The minimum atomic E-state index is -0.570. The van der Waals surface area contributed by atoms with Crippen LogP contribution in [-0.2, 0) is 51.6 Å². The summed E-state index contributed by atoms with van der Waals surface area (Å²) in [5.41, 5.74) is 13.9. The van der Waals surface area contributed by atoms with E-state index in [2.05, 4.69) is 60.3 Å². The van der Waals surface area contributed by atoms with Gasteiger partial charge in [0.2, 0.25) is 5.78 Å². The molecule has 0 aliphatic carbocycles. The summed E-state index contributed by atoms with van der Waals surface area (Å²) >= 11 is 3.21. The van der Waals surface area contributed by atoms with E-state index in [-0.39, 0.29) is 28.5 Å². The highest BCUT2D eigenvalue weighted by Gasteiger charge is 2.22. The van der Waals surface area contributed by atoms with Gasteiger partial charge >= 0.3 is 23.9 Å². The molecule has 1 aliphatic heterocycles. The molecule has 0 spiro atoms. The fourth-order valence-corrected chi connectivity index (χ4v) is 15.8. The normalized spacial score (nSPS) is 12.3. The Bertz CT molecular complexity index is 6320. The van der Waals surface area contributed by atoms with Gasteiger partial charge in [-0.3, -0.25) is 19.2 Å². The third kappa shape index (κ3) is 21.5.